The number of nitrogens with one attached hydrogen (secondary N) is 2. The number of halogens is 1. The maximum absolute atomic E-state index is 11.9. The second-order valence-corrected chi connectivity index (χ2v) is 4.94. The van der Waals surface area contributed by atoms with Crippen LogP contribution in [0, 0.1) is 0 Å². The van der Waals surface area contributed by atoms with Crippen molar-refractivity contribution in [2.24, 2.45) is 0 Å². The van der Waals surface area contributed by atoms with Crippen molar-refractivity contribution in [3.63, 3.8) is 0 Å². The number of rotatable bonds is 8. The van der Waals surface area contributed by atoms with Crippen LogP contribution in [0.1, 0.15) is 20.7 Å². The summed E-state index contributed by atoms with van der Waals surface area (Å²) in [6, 6.07) is 4.03. The number of hydrogen-bond donors (Lipinski definition) is 7. The number of benzene rings is 1. The van der Waals surface area contributed by atoms with Gasteiger partial charge in [0.25, 0.3) is 11.8 Å². The molecule has 0 aliphatic heterocycles. The summed E-state index contributed by atoms with van der Waals surface area (Å²) in [7, 11) is 0. The molecule has 0 radical (unpaired) electrons. The Kier molecular flexibility index (Phi) is 9.93. The molecule has 2 unspecified atom stereocenters. The van der Waals surface area contributed by atoms with E-state index in [0.717, 1.165) is 0 Å². The van der Waals surface area contributed by atoms with E-state index in [4.69, 9.17) is 15.9 Å². The third kappa shape index (κ3) is 7.11. The van der Waals surface area contributed by atoms with Crippen LogP contribution in [-0.4, -0.2) is 70.8 Å². The number of hydrogen-bond acceptors (Lipinski definition) is 7. The predicted octanol–water partition coefficient (Wildman–Crippen LogP) is -2.14. The topological polar surface area (TPSA) is 165 Å². The second kappa shape index (κ2) is 10.8. The van der Waals surface area contributed by atoms with E-state index in [0.29, 0.717) is 0 Å². The van der Waals surface area contributed by atoms with Gasteiger partial charge in [-0.15, -0.1) is 12.4 Å². The highest BCUT2D eigenvalue weighted by Crippen LogP contribution is 2.12. The molecule has 0 bridgehead atoms. The number of carbonyl (C=O) groups is 2. The number of anilines is 1. The molecule has 10 heteroatoms. The van der Waals surface area contributed by atoms with Crippen LogP contribution in [0.15, 0.2) is 18.2 Å². The fraction of sp³-hybridized carbons (Fsp3) is 0.429. The zero-order chi connectivity index (χ0) is 17.4. The second-order valence-electron chi connectivity index (χ2n) is 4.94. The van der Waals surface area contributed by atoms with E-state index in [1.165, 1.54) is 18.2 Å². The lowest BCUT2D eigenvalue weighted by atomic mass is 10.1. The molecule has 0 aliphatic carbocycles. The largest absolute Gasteiger partial charge is 0.399 e. The number of nitrogen functional groups attached to an aromatic ring is 1. The van der Waals surface area contributed by atoms with Gasteiger partial charge in [-0.25, -0.2) is 0 Å². The minimum Gasteiger partial charge on any atom is -0.399 e. The van der Waals surface area contributed by atoms with Crippen molar-refractivity contribution in [3.05, 3.63) is 29.3 Å². The molecule has 0 heterocycles. The van der Waals surface area contributed by atoms with Gasteiger partial charge in [-0.05, 0) is 18.2 Å². The summed E-state index contributed by atoms with van der Waals surface area (Å²) in [5.41, 5.74) is 6.08. The molecule has 0 spiro atoms. The Morgan fingerprint density at radius 3 is 1.62 bits per heavy atom. The molecule has 136 valence electrons. The van der Waals surface area contributed by atoms with Gasteiger partial charge in [0.2, 0.25) is 0 Å². The monoisotopic (exact) mass is 363 g/mol. The Morgan fingerprint density at radius 1 is 0.917 bits per heavy atom. The molecular weight excluding hydrogens is 342 g/mol. The highest BCUT2D eigenvalue weighted by molar-refractivity contribution is 6.01. The molecule has 0 aliphatic rings. The molecule has 24 heavy (non-hydrogen) atoms. The van der Waals surface area contributed by atoms with Crippen LogP contribution in [0.3, 0.4) is 0 Å². The van der Waals surface area contributed by atoms with Gasteiger partial charge in [-0.1, -0.05) is 0 Å². The standard InChI is InChI=1S/C14H21N3O6.ClH/c15-10-2-8(13(22)16-4-11(20)6-18)1-9(3-10)14(23)17-5-12(21)7-19;/h1-3,11-12,18-21H,4-7,15H2,(H,16,22)(H,17,23);1H. The Hall–Kier alpha value is -1.91. The maximum Gasteiger partial charge on any atom is 0.251 e. The van der Waals surface area contributed by atoms with Gasteiger partial charge < -0.3 is 36.8 Å². The van der Waals surface area contributed by atoms with Crippen LogP contribution >= 0.6 is 12.4 Å². The van der Waals surface area contributed by atoms with E-state index in [9.17, 15) is 19.8 Å². The minimum absolute atomic E-state index is 0. The van der Waals surface area contributed by atoms with Gasteiger partial charge >= 0.3 is 0 Å². The summed E-state index contributed by atoms with van der Waals surface area (Å²) in [5.74, 6) is -1.12. The molecule has 0 fully saturated rings. The maximum atomic E-state index is 11.9. The molecule has 9 nitrogen and oxygen atoms in total. The highest BCUT2D eigenvalue weighted by Gasteiger charge is 2.14. The summed E-state index contributed by atoms with van der Waals surface area (Å²) >= 11 is 0. The first-order valence-corrected chi connectivity index (χ1v) is 6.92. The molecule has 1 rings (SSSR count). The third-order valence-electron chi connectivity index (χ3n) is 2.90. The van der Waals surface area contributed by atoms with Gasteiger partial charge in [0, 0.05) is 29.9 Å². The Labute approximate surface area is 144 Å². The first kappa shape index (κ1) is 22.1. The van der Waals surface area contributed by atoms with Crippen molar-refractivity contribution in [1.29, 1.82) is 0 Å². The van der Waals surface area contributed by atoms with Crippen molar-refractivity contribution in [1.82, 2.24) is 10.6 Å². The van der Waals surface area contributed by atoms with Crippen LogP contribution in [-0.2, 0) is 0 Å². The van der Waals surface area contributed by atoms with E-state index in [-0.39, 0.29) is 42.3 Å². The molecular formula is C14H22ClN3O6. The van der Waals surface area contributed by atoms with Crippen LogP contribution in [0.2, 0.25) is 0 Å². The zero-order valence-corrected chi connectivity index (χ0v) is 13.6. The number of aliphatic hydroxyl groups excluding tert-OH is 4. The van der Waals surface area contributed by atoms with Crippen molar-refractivity contribution in [3.8, 4) is 0 Å². The van der Waals surface area contributed by atoms with E-state index < -0.39 is 37.2 Å². The number of nitrogens with two attached hydrogens (primary N) is 1. The molecule has 0 aromatic heterocycles. The molecule has 2 atom stereocenters. The van der Waals surface area contributed by atoms with Gasteiger partial charge in [-0.3, -0.25) is 9.59 Å². The lowest BCUT2D eigenvalue weighted by molar-refractivity contribution is 0.0800. The molecule has 0 saturated carbocycles. The quantitative estimate of drug-likeness (QED) is 0.259. The molecule has 1 aromatic rings. The zero-order valence-electron chi connectivity index (χ0n) is 12.8. The summed E-state index contributed by atoms with van der Waals surface area (Å²) in [4.78, 5) is 23.9. The lowest BCUT2D eigenvalue weighted by Gasteiger charge is -2.12. The molecule has 1 aromatic carbocycles. The minimum atomic E-state index is -1.08. The van der Waals surface area contributed by atoms with E-state index in [1.807, 2.05) is 0 Å². The smallest absolute Gasteiger partial charge is 0.251 e. The molecule has 0 saturated heterocycles. The van der Waals surface area contributed by atoms with Gasteiger partial charge in [-0.2, -0.15) is 0 Å². The Morgan fingerprint density at radius 2 is 1.29 bits per heavy atom. The lowest BCUT2D eigenvalue weighted by Crippen LogP contribution is -2.35. The SMILES string of the molecule is Cl.Nc1cc(C(=O)NCC(O)CO)cc(C(=O)NCC(O)CO)c1. The number of amides is 2. The van der Waals surface area contributed by atoms with Crippen molar-refractivity contribution in [2.45, 2.75) is 12.2 Å². The third-order valence-corrected chi connectivity index (χ3v) is 2.90. The van der Waals surface area contributed by atoms with Crippen molar-refractivity contribution >= 4 is 29.9 Å². The number of carbonyl (C=O) groups excluding carboxylic acids is 2. The van der Waals surface area contributed by atoms with E-state index in [1.54, 1.807) is 0 Å². The molecule has 8 N–H and O–H groups in total. The average molecular weight is 364 g/mol. The van der Waals surface area contributed by atoms with Crippen LogP contribution in [0.4, 0.5) is 5.69 Å². The first-order valence-electron chi connectivity index (χ1n) is 6.92. The summed E-state index contributed by atoms with van der Waals surface area (Å²) in [5, 5.41) is 40.6. The fourth-order valence-electron chi connectivity index (χ4n) is 1.67. The van der Waals surface area contributed by atoms with Gasteiger partial charge in [0.05, 0.1) is 25.4 Å². The van der Waals surface area contributed by atoms with Crippen molar-refractivity contribution < 1.29 is 30.0 Å². The number of aliphatic hydroxyl groups is 4. The van der Waals surface area contributed by atoms with Crippen molar-refractivity contribution in [2.75, 3.05) is 32.0 Å². The highest BCUT2D eigenvalue weighted by atomic mass is 35.5. The Balaban J connectivity index is 0.00000529. The van der Waals surface area contributed by atoms with E-state index >= 15 is 0 Å². The van der Waals surface area contributed by atoms with E-state index in [2.05, 4.69) is 10.6 Å². The summed E-state index contributed by atoms with van der Waals surface area (Å²) in [6.45, 7) is -1.27. The van der Waals surface area contributed by atoms with Crippen LogP contribution in [0.5, 0.6) is 0 Å². The average Bonchev–Trinajstić information content (AvgIpc) is 2.55. The fourth-order valence-corrected chi connectivity index (χ4v) is 1.67. The van der Waals surface area contributed by atoms with Crippen LogP contribution in [0.25, 0.3) is 0 Å². The summed E-state index contributed by atoms with van der Waals surface area (Å²) < 4.78 is 0. The van der Waals surface area contributed by atoms with Gasteiger partial charge in [0.15, 0.2) is 0 Å². The van der Waals surface area contributed by atoms with Crippen LogP contribution < -0.4 is 16.4 Å². The first-order chi connectivity index (χ1) is 10.9. The Bertz CT molecular complexity index is 513. The normalized spacial score (nSPS) is 12.7. The van der Waals surface area contributed by atoms with Gasteiger partial charge in [0.1, 0.15) is 0 Å². The molecule has 2 amide bonds. The predicted molar refractivity (Wildman–Crippen MR) is 89.0 cm³/mol. The summed E-state index contributed by atoms with van der Waals surface area (Å²) in [6.07, 6.45) is -2.16.